The number of nitrogens with zero attached hydrogens (tertiary/aromatic N) is 1. The molecule has 1 N–H and O–H groups in total. The van der Waals surface area contributed by atoms with Crippen molar-refractivity contribution in [3.63, 3.8) is 0 Å². The van der Waals surface area contributed by atoms with Gasteiger partial charge in [-0.1, -0.05) is 28.8 Å². The summed E-state index contributed by atoms with van der Waals surface area (Å²) in [6.07, 6.45) is -0.327. The summed E-state index contributed by atoms with van der Waals surface area (Å²) in [4.78, 5) is 53.8. The molecule has 0 aromatic heterocycles. The Labute approximate surface area is 152 Å². The molecule has 1 unspecified atom stereocenters. The van der Waals surface area contributed by atoms with E-state index < -0.39 is 23.7 Å². The van der Waals surface area contributed by atoms with Gasteiger partial charge < -0.3 is 10.2 Å². The molecule has 0 radical (unpaired) electrons. The van der Waals surface area contributed by atoms with E-state index in [2.05, 4.69) is 5.32 Å². The average Bonchev–Trinajstić information content (AvgIpc) is 3.05. The maximum Gasteiger partial charge on any atom is 0.334 e. The number of imide groups is 1. The van der Waals surface area contributed by atoms with Crippen molar-refractivity contribution < 1.29 is 24.0 Å². The third-order valence-corrected chi connectivity index (χ3v) is 4.52. The van der Waals surface area contributed by atoms with Gasteiger partial charge in [-0.25, -0.2) is 4.79 Å². The number of anilines is 1. The van der Waals surface area contributed by atoms with Crippen molar-refractivity contribution in [3.8, 4) is 0 Å². The van der Waals surface area contributed by atoms with E-state index >= 15 is 0 Å². The Morgan fingerprint density at radius 1 is 1.08 bits per heavy atom. The number of hydrogen-bond donors (Lipinski definition) is 1. The smallest absolute Gasteiger partial charge is 0.330 e. The van der Waals surface area contributed by atoms with Crippen LogP contribution in [0.15, 0.2) is 42.5 Å². The maximum absolute atomic E-state index is 12.3. The lowest BCUT2D eigenvalue weighted by Crippen LogP contribution is -2.33. The van der Waals surface area contributed by atoms with Crippen LogP contribution in [0.2, 0.25) is 5.02 Å². The van der Waals surface area contributed by atoms with E-state index in [4.69, 9.17) is 16.4 Å². The Kier molecular flexibility index (Phi) is 3.73. The molecule has 0 saturated carbocycles. The molecule has 0 spiro atoms. The van der Waals surface area contributed by atoms with Crippen molar-refractivity contribution in [2.45, 2.75) is 12.3 Å². The van der Waals surface area contributed by atoms with Gasteiger partial charge in [0.15, 0.2) is 0 Å². The third kappa shape index (κ3) is 2.53. The summed E-state index contributed by atoms with van der Waals surface area (Å²) in [5.74, 6) is -3.46. The van der Waals surface area contributed by atoms with Gasteiger partial charge in [0.1, 0.15) is 0 Å². The number of carbonyl (C=O) groups is 4. The summed E-state index contributed by atoms with van der Waals surface area (Å²) in [5, 5.41) is 3.51. The van der Waals surface area contributed by atoms with Crippen molar-refractivity contribution in [2.24, 2.45) is 0 Å². The molecule has 26 heavy (non-hydrogen) atoms. The summed E-state index contributed by atoms with van der Waals surface area (Å²) < 4.78 is 0. The van der Waals surface area contributed by atoms with Crippen molar-refractivity contribution in [1.82, 2.24) is 5.06 Å². The van der Waals surface area contributed by atoms with Crippen LogP contribution in [0.3, 0.4) is 0 Å². The molecule has 0 aliphatic carbocycles. The zero-order valence-electron chi connectivity index (χ0n) is 13.2. The largest absolute Gasteiger partial charge is 0.334 e. The van der Waals surface area contributed by atoms with Crippen LogP contribution in [0.5, 0.6) is 0 Å². The minimum atomic E-state index is -0.868. The quantitative estimate of drug-likeness (QED) is 0.838. The number of halogens is 1. The number of hydroxylamine groups is 2. The predicted octanol–water partition coefficient (Wildman–Crippen LogP) is 2.52. The minimum Gasteiger partial charge on any atom is -0.330 e. The lowest BCUT2D eigenvalue weighted by Gasteiger charge is -2.14. The molecule has 0 saturated heterocycles. The highest BCUT2D eigenvalue weighted by molar-refractivity contribution is 6.31. The van der Waals surface area contributed by atoms with E-state index in [1.165, 1.54) is 12.1 Å². The molecule has 8 heteroatoms. The molecule has 0 fully saturated rings. The first-order valence-corrected chi connectivity index (χ1v) is 8.12. The highest BCUT2D eigenvalue weighted by atomic mass is 35.5. The van der Waals surface area contributed by atoms with Gasteiger partial charge in [0.25, 0.3) is 11.8 Å². The van der Waals surface area contributed by atoms with Gasteiger partial charge in [0.2, 0.25) is 5.91 Å². The van der Waals surface area contributed by atoms with E-state index in [9.17, 15) is 19.2 Å². The van der Waals surface area contributed by atoms with Crippen molar-refractivity contribution in [3.05, 3.63) is 64.2 Å². The predicted molar refractivity (Wildman–Crippen MR) is 90.5 cm³/mol. The first-order chi connectivity index (χ1) is 12.5. The van der Waals surface area contributed by atoms with Gasteiger partial charge in [-0.15, -0.1) is 0 Å². The van der Waals surface area contributed by atoms with Crippen molar-refractivity contribution >= 4 is 41.0 Å². The fourth-order valence-corrected chi connectivity index (χ4v) is 3.24. The Balaban J connectivity index is 1.51. The van der Waals surface area contributed by atoms with Gasteiger partial charge in [0.05, 0.1) is 23.5 Å². The van der Waals surface area contributed by atoms with E-state index in [0.29, 0.717) is 21.3 Å². The van der Waals surface area contributed by atoms with Crippen LogP contribution in [-0.4, -0.2) is 28.8 Å². The van der Waals surface area contributed by atoms with Crippen LogP contribution in [0.1, 0.15) is 38.6 Å². The van der Waals surface area contributed by atoms with Crippen LogP contribution in [0.25, 0.3) is 0 Å². The van der Waals surface area contributed by atoms with Crippen LogP contribution in [-0.2, 0) is 14.4 Å². The van der Waals surface area contributed by atoms with Crippen LogP contribution in [0, 0.1) is 0 Å². The van der Waals surface area contributed by atoms with Crippen LogP contribution < -0.4 is 5.32 Å². The second kappa shape index (κ2) is 5.96. The monoisotopic (exact) mass is 370 g/mol. The lowest BCUT2D eigenvalue weighted by atomic mass is 9.97. The van der Waals surface area contributed by atoms with E-state index in [-0.39, 0.29) is 23.5 Å². The Morgan fingerprint density at radius 3 is 2.38 bits per heavy atom. The Morgan fingerprint density at radius 2 is 1.73 bits per heavy atom. The topological polar surface area (TPSA) is 92.8 Å². The lowest BCUT2D eigenvalue weighted by molar-refractivity contribution is -0.169. The number of fused-ring (bicyclic) bond motifs is 2. The first kappa shape index (κ1) is 16.3. The summed E-state index contributed by atoms with van der Waals surface area (Å²) in [5.41, 5.74) is 1.47. The van der Waals surface area contributed by atoms with Crippen LogP contribution in [0.4, 0.5) is 5.69 Å². The highest BCUT2D eigenvalue weighted by Crippen LogP contribution is 2.36. The first-order valence-electron chi connectivity index (χ1n) is 7.74. The third-order valence-electron chi connectivity index (χ3n) is 4.28. The van der Waals surface area contributed by atoms with E-state index in [0.717, 1.165) is 0 Å². The molecule has 7 nitrogen and oxygen atoms in total. The molecule has 2 aromatic carbocycles. The molecule has 2 aliphatic heterocycles. The summed E-state index contributed by atoms with van der Waals surface area (Å²) in [6, 6.07) is 11.0. The molecule has 2 heterocycles. The van der Waals surface area contributed by atoms with E-state index in [1.54, 1.807) is 30.3 Å². The summed E-state index contributed by atoms with van der Waals surface area (Å²) in [7, 11) is 0. The number of rotatable bonds is 3. The summed E-state index contributed by atoms with van der Waals surface area (Å²) >= 11 is 5.95. The zero-order valence-corrected chi connectivity index (χ0v) is 13.9. The number of carbonyl (C=O) groups excluding carboxylic acids is 4. The van der Waals surface area contributed by atoms with E-state index in [1.807, 2.05) is 0 Å². The number of amides is 3. The minimum absolute atomic E-state index is 0.168. The van der Waals surface area contributed by atoms with Crippen LogP contribution >= 0.6 is 11.6 Å². The highest BCUT2D eigenvalue weighted by Gasteiger charge is 2.40. The van der Waals surface area contributed by atoms with Gasteiger partial charge in [-0.05, 0) is 35.9 Å². The average molecular weight is 371 g/mol. The molecular formula is C18H11ClN2O5. The number of benzene rings is 2. The molecule has 4 rings (SSSR count). The Bertz CT molecular complexity index is 952. The van der Waals surface area contributed by atoms with Gasteiger partial charge in [-0.3, -0.25) is 14.4 Å². The second-order valence-corrected chi connectivity index (χ2v) is 6.33. The zero-order chi connectivity index (χ0) is 18.4. The van der Waals surface area contributed by atoms with Crippen molar-refractivity contribution in [2.75, 3.05) is 5.32 Å². The number of nitrogens with one attached hydrogen (secondary N) is 1. The molecule has 2 aromatic rings. The summed E-state index contributed by atoms with van der Waals surface area (Å²) in [6.45, 7) is 0. The second-order valence-electron chi connectivity index (χ2n) is 5.89. The molecule has 130 valence electrons. The number of hydrogen-bond acceptors (Lipinski definition) is 5. The molecule has 3 amide bonds. The SMILES string of the molecule is O=C(CC1C(=O)Nc2ccc(Cl)cc21)ON1C(=O)c2ccccc2C1=O. The fourth-order valence-electron chi connectivity index (χ4n) is 3.06. The molecule has 1 atom stereocenters. The van der Waals surface area contributed by atoms with Gasteiger partial charge >= 0.3 is 5.97 Å². The molecular weight excluding hydrogens is 360 g/mol. The molecule has 0 bridgehead atoms. The fraction of sp³-hybridized carbons (Fsp3) is 0.111. The standard InChI is InChI=1S/C18H11ClN2O5/c19-9-5-6-14-12(7-9)13(16(23)20-14)8-15(22)26-21-17(24)10-3-1-2-4-11(10)18(21)25/h1-7,13H,8H2,(H,20,23). The molecule has 2 aliphatic rings. The normalized spacial score (nSPS) is 17.8. The van der Waals surface area contributed by atoms with Gasteiger partial charge in [-0.2, -0.15) is 0 Å². The van der Waals surface area contributed by atoms with Crippen molar-refractivity contribution in [1.29, 1.82) is 0 Å². The Hall–Kier alpha value is -3.19. The van der Waals surface area contributed by atoms with Gasteiger partial charge in [0, 0.05) is 10.7 Å². The maximum atomic E-state index is 12.3.